The zero-order chi connectivity index (χ0) is 8.43. The molecule has 0 aliphatic carbocycles. The summed E-state index contributed by atoms with van der Waals surface area (Å²) >= 11 is 0. The highest BCUT2D eigenvalue weighted by Gasteiger charge is 2.24. The molecule has 0 aromatic carbocycles. The molecule has 0 unspecified atom stereocenters. The van der Waals surface area contributed by atoms with Crippen LogP contribution in [0.5, 0.6) is 0 Å². The van der Waals surface area contributed by atoms with Crippen molar-refractivity contribution in [3.63, 3.8) is 0 Å². The second-order valence-electron chi connectivity index (χ2n) is 1.34. The smallest absolute Gasteiger partial charge is 0.390 e. The molecule has 10 heteroatoms. The van der Waals surface area contributed by atoms with Gasteiger partial charge < -0.3 is 10.1 Å². The second-order valence-corrected chi connectivity index (χ2v) is 1.34. The first kappa shape index (κ1) is 7.24. The fourth-order valence-corrected chi connectivity index (χ4v) is 0.385. The average molecular weight is 166 g/mol. The highest BCUT2D eigenvalue weighted by molar-refractivity contribution is 4.98. The van der Waals surface area contributed by atoms with E-state index in [0.717, 1.165) is 0 Å². The summed E-state index contributed by atoms with van der Waals surface area (Å²) in [6.45, 7) is 0. The Bertz CT molecular complexity index is 269. The molecule has 0 radical (unpaired) electrons. The molecule has 0 aliphatic heterocycles. The number of rotatable bonds is 2. The largest absolute Gasteiger partial charge is 0.507 e. The van der Waals surface area contributed by atoms with Crippen molar-refractivity contribution in [3.05, 3.63) is 10.1 Å². The number of halogens is 2. The Kier molecular flexibility index (Phi) is 1.58. The van der Waals surface area contributed by atoms with Crippen LogP contribution in [0, 0.1) is 10.1 Å². The van der Waals surface area contributed by atoms with E-state index in [9.17, 15) is 19.1 Å². The molecule has 0 bridgehead atoms. The van der Waals surface area contributed by atoms with Crippen molar-refractivity contribution < 1.29 is 13.9 Å². The zero-order valence-corrected chi connectivity index (χ0v) is 4.76. The van der Waals surface area contributed by atoms with Crippen LogP contribution >= 0.6 is 0 Å². The number of nitrogens with zero attached hydrogens (tertiary/aromatic N) is 6. The number of hydrogen-bond donors (Lipinski definition) is 0. The Morgan fingerprint density at radius 1 is 1.64 bits per heavy atom. The van der Waals surface area contributed by atoms with Gasteiger partial charge in [0.15, 0.2) is 0 Å². The summed E-state index contributed by atoms with van der Waals surface area (Å²) in [6.07, 6.45) is 0. The van der Waals surface area contributed by atoms with Gasteiger partial charge >= 0.3 is 5.95 Å². The summed E-state index contributed by atoms with van der Waals surface area (Å²) < 4.78 is 23.1. The summed E-state index contributed by atoms with van der Waals surface area (Å²) in [7, 11) is 0. The molecule has 0 saturated carbocycles. The number of aromatic nitrogens is 4. The minimum Gasteiger partial charge on any atom is -0.390 e. The van der Waals surface area contributed by atoms with Crippen LogP contribution in [0.1, 0.15) is 0 Å². The van der Waals surface area contributed by atoms with Crippen LogP contribution in [0.15, 0.2) is 0 Å². The minimum absolute atomic E-state index is 0.347. The van der Waals surface area contributed by atoms with Crippen molar-refractivity contribution >= 4 is 5.95 Å². The Balaban J connectivity index is 3.06. The van der Waals surface area contributed by atoms with E-state index in [4.69, 9.17) is 0 Å². The molecule has 1 rings (SSSR count). The number of nitro groups is 1. The summed E-state index contributed by atoms with van der Waals surface area (Å²) in [6, 6.07) is 0. The molecule has 1 aromatic rings. The summed E-state index contributed by atoms with van der Waals surface area (Å²) in [5.74, 6) is -1.14. The predicted molar refractivity (Wildman–Crippen MR) is 24.9 cm³/mol. The van der Waals surface area contributed by atoms with Crippen molar-refractivity contribution in [2.24, 2.45) is 0 Å². The molecule has 60 valence electrons. The molecule has 11 heavy (non-hydrogen) atoms. The van der Waals surface area contributed by atoms with Crippen LogP contribution in [-0.2, 0) is 0 Å². The molecule has 1 heterocycles. The lowest BCUT2D eigenvalue weighted by atomic mass is 11.1. The molecule has 0 N–H and O–H groups in total. The molecule has 0 fully saturated rings. The van der Waals surface area contributed by atoms with Gasteiger partial charge in [0.2, 0.25) is 0 Å². The number of hydrogen-bond acceptors (Lipinski definition) is 6. The molecule has 0 amide bonds. The van der Waals surface area contributed by atoms with Crippen LogP contribution in [0.2, 0.25) is 0 Å². The molecule has 0 atom stereocenters. The van der Waals surface area contributed by atoms with Crippen molar-refractivity contribution in [3.8, 4) is 0 Å². The summed E-state index contributed by atoms with van der Waals surface area (Å²) in [4.78, 5) is 8.39. The third-order valence-electron chi connectivity index (χ3n) is 0.744. The topological polar surface area (TPSA) is 90.0 Å². The maximum atomic E-state index is 11.6. The van der Waals surface area contributed by atoms with E-state index in [1.54, 1.807) is 0 Å². The fourth-order valence-electron chi connectivity index (χ4n) is 0.385. The molecule has 1 aromatic heterocycles. The van der Waals surface area contributed by atoms with Gasteiger partial charge in [0.05, 0.1) is 20.3 Å². The van der Waals surface area contributed by atoms with Gasteiger partial charge in [0.25, 0.3) is 0 Å². The van der Waals surface area contributed by atoms with Crippen molar-refractivity contribution in [2.45, 2.75) is 0 Å². The van der Waals surface area contributed by atoms with Crippen molar-refractivity contribution in [1.29, 1.82) is 0 Å². The van der Waals surface area contributed by atoms with Gasteiger partial charge in [-0.05, 0) is 13.9 Å². The maximum absolute atomic E-state index is 11.6. The van der Waals surface area contributed by atoms with E-state index >= 15 is 0 Å². The predicted octanol–water partition coefficient (Wildman–Crippen LogP) is -0.712. The van der Waals surface area contributed by atoms with Crippen LogP contribution in [0.25, 0.3) is 0 Å². The molecular formula is CF2N6O2. The lowest BCUT2D eigenvalue weighted by Crippen LogP contribution is -2.19. The van der Waals surface area contributed by atoms with Gasteiger partial charge in [-0.15, -0.1) is 0 Å². The first-order valence-corrected chi connectivity index (χ1v) is 2.17. The quantitative estimate of drug-likeness (QED) is 0.327. The Morgan fingerprint density at radius 3 is 2.64 bits per heavy atom. The van der Waals surface area contributed by atoms with Gasteiger partial charge in [0.1, 0.15) is 5.45 Å². The number of tetrazole rings is 1. The van der Waals surface area contributed by atoms with Crippen LogP contribution < -0.4 is 5.45 Å². The normalized spacial score (nSPS) is 9.64. The van der Waals surface area contributed by atoms with Gasteiger partial charge in [-0.25, -0.2) is 0 Å². The monoisotopic (exact) mass is 166 g/mol. The Hall–Kier alpha value is -1.87. The van der Waals surface area contributed by atoms with E-state index in [2.05, 4.69) is 15.5 Å². The van der Waals surface area contributed by atoms with Crippen molar-refractivity contribution in [2.75, 3.05) is 5.45 Å². The second kappa shape index (κ2) is 2.40. The van der Waals surface area contributed by atoms with Gasteiger partial charge in [-0.2, -0.15) is 0 Å². The van der Waals surface area contributed by atoms with E-state index < -0.39 is 16.3 Å². The van der Waals surface area contributed by atoms with Crippen LogP contribution in [-0.4, -0.2) is 25.2 Å². The third kappa shape index (κ3) is 1.17. The highest BCUT2D eigenvalue weighted by atomic mass is 19.4. The Morgan fingerprint density at radius 2 is 2.27 bits per heavy atom. The van der Waals surface area contributed by atoms with Gasteiger partial charge in [-0.3, -0.25) is 0 Å². The standard InChI is InChI=1S/CF2N6O2/c2-9(3)7-1(8(10)11)4-5-6-7. The minimum atomic E-state index is -1.60. The lowest BCUT2D eigenvalue weighted by molar-refractivity contribution is -0.398. The Labute approximate surface area is 57.0 Å². The van der Waals surface area contributed by atoms with E-state index in [1.807, 2.05) is 0 Å². The lowest BCUT2D eigenvalue weighted by Gasteiger charge is -1.93. The molecule has 8 nitrogen and oxygen atoms in total. The molecule has 0 spiro atoms. The SMILES string of the molecule is O=[N+]([O-])c1nnnn1N(F)F. The third-order valence-corrected chi connectivity index (χ3v) is 0.744. The first-order chi connectivity index (χ1) is 5.13. The molecule has 0 saturated heterocycles. The van der Waals surface area contributed by atoms with E-state index in [0.29, 0.717) is 0 Å². The van der Waals surface area contributed by atoms with E-state index in [1.165, 1.54) is 0 Å². The zero-order valence-electron chi connectivity index (χ0n) is 4.76. The van der Waals surface area contributed by atoms with E-state index in [-0.39, 0.29) is 4.79 Å². The first-order valence-electron chi connectivity index (χ1n) is 2.17. The van der Waals surface area contributed by atoms with Crippen LogP contribution in [0.4, 0.5) is 14.9 Å². The van der Waals surface area contributed by atoms with Gasteiger partial charge in [0, 0.05) is 0 Å². The summed E-state index contributed by atoms with van der Waals surface area (Å²) in [5, 5.41) is 17.9. The van der Waals surface area contributed by atoms with Crippen LogP contribution in [0.3, 0.4) is 0 Å². The van der Waals surface area contributed by atoms with Crippen molar-refractivity contribution in [1.82, 2.24) is 20.3 Å². The average Bonchev–Trinajstić information content (AvgIpc) is 2.32. The summed E-state index contributed by atoms with van der Waals surface area (Å²) in [5.41, 5.74) is -1.60. The fraction of sp³-hybridized carbons (Fsp3) is 0. The highest BCUT2D eigenvalue weighted by Crippen LogP contribution is 2.03. The van der Waals surface area contributed by atoms with Gasteiger partial charge in [-0.1, -0.05) is 0 Å². The molecule has 0 aliphatic rings. The maximum Gasteiger partial charge on any atom is 0.507 e. The molecular weight excluding hydrogens is 166 g/mol.